The Morgan fingerprint density at radius 2 is 2.26 bits per heavy atom. The van der Waals surface area contributed by atoms with Gasteiger partial charge in [-0.05, 0) is 18.2 Å². The Morgan fingerprint density at radius 1 is 1.48 bits per heavy atom. The van der Waals surface area contributed by atoms with Crippen molar-refractivity contribution in [2.75, 3.05) is 26.0 Å². The van der Waals surface area contributed by atoms with Crippen LogP contribution in [0.25, 0.3) is 0 Å². The maximum atomic E-state index is 14.6. The molecule has 1 unspecified atom stereocenters. The second kappa shape index (κ2) is 8.10. The third-order valence-electron chi connectivity index (χ3n) is 3.45. The van der Waals surface area contributed by atoms with Crippen LogP contribution in [-0.4, -0.2) is 48.2 Å². The monoisotopic (exact) mass is 412 g/mol. The van der Waals surface area contributed by atoms with E-state index in [9.17, 15) is 13.6 Å². The number of ether oxygens (including phenoxy) is 1. The van der Waals surface area contributed by atoms with E-state index in [0.717, 1.165) is 22.8 Å². The lowest BCUT2D eigenvalue weighted by Gasteiger charge is -2.14. The Kier molecular flexibility index (Phi) is 5.81. The molecule has 0 spiro atoms. The number of nitrogens with zero attached hydrogens (tertiary/aromatic N) is 3. The van der Waals surface area contributed by atoms with Crippen LogP contribution in [0.2, 0.25) is 5.02 Å². The number of anilines is 1. The van der Waals surface area contributed by atoms with Gasteiger partial charge in [-0.25, -0.2) is 13.8 Å². The SMILES string of the molecule is CN(C)/C=N/C(=O)c1c(F)ccc(OCC2Nc3cc(Cl)cnc3S2)c1F. The first-order chi connectivity index (χ1) is 12.8. The molecule has 1 atom stereocenters. The molecule has 6 nitrogen and oxygen atoms in total. The van der Waals surface area contributed by atoms with Crippen molar-refractivity contribution < 1.29 is 18.3 Å². The summed E-state index contributed by atoms with van der Waals surface area (Å²) in [6.07, 6.45) is 2.70. The van der Waals surface area contributed by atoms with E-state index in [4.69, 9.17) is 16.3 Å². The number of halogens is 3. The lowest BCUT2D eigenvalue weighted by Crippen LogP contribution is -2.20. The molecule has 142 valence electrons. The van der Waals surface area contributed by atoms with Gasteiger partial charge in [-0.1, -0.05) is 23.4 Å². The maximum absolute atomic E-state index is 14.6. The van der Waals surface area contributed by atoms with Crippen LogP contribution in [-0.2, 0) is 0 Å². The topological polar surface area (TPSA) is 66.8 Å². The normalized spacial score (nSPS) is 15.5. The Morgan fingerprint density at radius 3 is 3.00 bits per heavy atom. The zero-order chi connectivity index (χ0) is 19.6. The minimum Gasteiger partial charge on any atom is -0.487 e. The second-order valence-electron chi connectivity index (χ2n) is 5.82. The van der Waals surface area contributed by atoms with Gasteiger partial charge >= 0.3 is 0 Å². The van der Waals surface area contributed by atoms with E-state index < -0.39 is 23.1 Å². The lowest BCUT2D eigenvalue weighted by molar-refractivity contribution is 0.0993. The number of hydrogen-bond acceptors (Lipinski definition) is 5. The molecule has 3 rings (SSSR count). The van der Waals surface area contributed by atoms with Gasteiger partial charge in [0.05, 0.1) is 17.0 Å². The number of carbonyl (C=O) groups excluding carboxylic acids is 1. The first-order valence-corrected chi connectivity index (χ1v) is 9.05. The predicted octanol–water partition coefficient (Wildman–Crippen LogP) is 3.67. The van der Waals surface area contributed by atoms with Crippen LogP contribution >= 0.6 is 23.4 Å². The van der Waals surface area contributed by atoms with Crippen molar-refractivity contribution in [3.05, 3.63) is 46.6 Å². The van der Waals surface area contributed by atoms with Crippen LogP contribution in [0.15, 0.2) is 34.4 Å². The van der Waals surface area contributed by atoms with E-state index in [1.807, 2.05) is 0 Å². The number of fused-ring (bicyclic) bond motifs is 1. The molecule has 2 aromatic rings. The van der Waals surface area contributed by atoms with Crippen molar-refractivity contribution in [3.63, 3.8) is 0 Å². The highest BCUT2D eigenvalue weighted by molar-refractivity contribution is 8.00. The summed E-state index contributed by atoms with van der Waals surface area (Å²) in [5.41, 5.74) is 0.00364. The molecule has 27 heavy (non-hydrogen) atoms. The number of thioether (sulfide) groups is 1. The molecule has 1 aromatic carbocycles. The van der Waals surface area contributed by atoms with Crippen LogP contribution in [0.3, 0.4) is 0 Å². The summed E-state index contributed by atoms with van der Waals surface area (Å²) < 4.78 is 33.9. The Labute approximate surface area is 163 Å². The first kappa shape index (κ1) is 19.4. The fourth-order valence-corrected chi connectivity index (χ4v) is 3.38. The van der Waals surface area contributed by atoms with E-state index >= 15 is 0 Å². The average molecular weight is 413 g/mol. The minimum absolute atomic E-state index is 0.0653. The summed E-state index contributed by atoms with van der Waals surface area (Å²) in [4.78, 5) is 21.2. The van der Waals surface area contributed by atoms with Gasteiger partial charge in [0.1, 0.15) is 28.4 Å². The molecule has 0 saturated heterocycles. The van der Waals surface area contributed by atoms with Crippen molar-refractivity contribution in [1.82, 2.24) is 9.88 Å². The van der Waals surface area contributed by atoms with Gasteiger partial charge in [-0.15, -0.1) is 0 Å². The number of aliphatic imine (C=N–C) groups is 1. The average Bonchev–Trinajstić information content (AvgIpc) is 3.01. The van der Waals surface area contributed by atoms with Gasteiger partial charge in [0, 0.05) is 20.3 Å². The molecule has 0 fully saturated rings. The number of nitrogens with one attached hydrogen (secondary N) is 1. The quantitative estimate of drug-likeness (QED) is 0.597. The zero-order valence-corrected chi connectivity index (χ0v) is 15.9. The number of hydrogen-bond donors (Lipinski definition) is 1. The maximum Gasteiger partial charge on any atom is 0.284 e. The largest absolute Gasteiger partial charge is 0.487 e. The van der Waals surface area contributed by atoms with Crippen molar-refractivity contribution in [2.24, 2.45) is 4.99 Å². The fourth-order valence-electron chi connectivity index (χ4n) is 2.28. The highest BCUT2D eigenvalue weighted by atomic mass is 35.5. The van der Waals surface area contributed by atoms with Crippen molar-refractivity contribution >= 4 is 41.3 Å². The third-order valence-corrected chi connectivity index (χ3v) is 4.75. The van der Waals surface area contributed by atoms with Crippen LogP contribution < -0.4 is 10.1 Å². The fraction of sp³-hybridized carbons (Fsp3) is 0.235. The first-order valence-electron chi connectivity index (χ1n) is 7.79. The summed E-state index contributed by atoms with van der Waals surface area (Å²) in [5, 5.41) is 4.16. The summed E-state index contributed by atoms with van der Waals surface area (Å²) in [5.74, 6) is -3.34. The lowest BCUT2D eigenvalue weighted by atomic mass is 10.1. The van der Waals surface area contributed by atoms with Gasteiger partial charge in [-0.3, -0.25) is 4.79 Å². The Balaban J connectivity index is 1.71. The number of carbonyl (C=O) groups is 1. The van der Waals surface area contributed by atoms with Crippen molar-refractivity contribution in [1.29, 1.82) is 0 Å². The van der Waals surface area contributed by atoms with Gasteiger partial charge in [-0.2, -0.15) is 4.99 Å². The predicted molar refractivity (Wildman–Crippen MR) is 101 cm³/mol. The van der Waals surface area contributed by atoms with Crippen molar-refractivity contribution in [3.8, 4) is 5.75 Å². The van der Waals surface area contributed by atoms with Gasteiger partial charge in [0.2, 0.25) is 0 Å². The highest BCUT2D eigenvalue weighted by Gasteiger charge is 2.25. The molecule has 1 aliphatic heterocycles. The Hall–Kier alpha value is -2.39. The molecule has 2 heterocycles. The molecule has 0 radical (unpaired) electrons. The number of benzene rings is 1. The molecule has 0 aliphatic carbocycles. The van der Waals surface area contributed by atoms with Gasteiger partial charge in [0.15, 0.2) is 11.6 Å². The highest BCUT2D eigenvalue weighted by Crippen LogP contribution is 2.38. The number of aromatic nitrogens is 1. The molecule has 1 aliphatic rings. The smallest absolute Gasteiger partial charge is 0.284 e. The molecule has 0 bridgehead atoms. The van der Waals surface area contributed by atoms with E-state index in [1.165, 1.54) is 29.2 Å². The molecule has 10 heteroatoms. The van der Waals surface area contributed by atoms with Crippen LogP contribution in [0.4, 0.5) is 14.5 Å². The molecule has 1 N–H and O–H groups in total. The van der Waals surface area contributed by atoms with E-state index in [-0.39, 0.29) is 17.7 Å². The molecular weight excluding hydrogens is 398 g/mol. The van der Waals surface area contributed by atoms with Crippen LogP contribution in [0, 0.1) is 11.6 Å². The van der Waals surface area contributed by atoms with E-state index in [2.05, 4.69) is 15.3 Å². The minimum atomic E-state index is -1.09. The third kappa shape index (κ3) is 4.48. The summed E-state index contributed by atoms with van der Waals surface area (Å²) in [6.45, 7) is 0.0653. The number of pyridine rings is 1. The standard InChI is InChI=1S/C17H15ClF2N4O2S/c1-24(2)8-22-16(25)14-10(19)3-4-12(15(14)20)26-7-13-23-11-5-9(18)6-21-17(11)27-13/h3-6,8,13,23H,7H2,1-2H3/b22-8+. The van der Waals surface area contributed by atoms with Crippen LogP contribution in [0.1, 0.15) is 10.4 Å². The van der Waals surface area contributed by atoms with Crippen LogP contribution in [0.5, 0.6) is 5.75 Å². The van der Waals surface area contributed by atoms with Gasteiger partial charge in [0.25, 0.3) is 5.91 Å². The second-order valence-corrected chi connectivity index (χ2v) is 7.44. The van der Waals surface area contributed by atoms with E-state index in [1.54, 1.807) is 20.2 Å². The molecular formula is C17H15ClF2N4O2S. The van der Waals surface area contributed by atoms with Crippen molar-refractivity contribution in [2.45, 2.75) is 10.4 Å². The van der Waals surface area contributed by atoms with Gasteiger partial charge < -0.3 is 15.0 Å². The Bertz CT molecular complexity index is 911. The molecule has 1 aromatic heterocycles. The number of amides is 1. The summed E-state index contributed by atoms with van der Waals surface area (Å²) in [6, 6.07) is 3.84. The zero-order valence-electron chi connectivity index (χ0n) is 14.4. The number of rotatable bonds is 5. The summed E-state index contributed by atoms with van der Waals surface area (Å²) in [7, 11) is 3.27. The summed E-state index contributed by atoms with van der Waals surface area (Å²) >= 11 is 7.29. The van der Waals surface area contributed by atoms with E-state index in [0.29, 0.717) is 5.02 Å². The molecule has 1 amide bonds. The molecule has 0 saturated carbocycles.